The lowest BCUT2D eigenvalue weighted by atomic mass is 10.0. The Morgan fingerprint density at radius 2 is 1.27 bits per heavy atom. The van der Waals surface area contributed by atoms with Crippen LogP contribution in [0.25, 0.3) is 0 Å². The summed E-state index contributed by atoms with van der Waals surface area (Å²) in [4.78, 5) is 56.8. The van der Waals surface area contributed by atoms with E-state index in [4.69, 9.17) is 20.4 Å². The van der Waals surface area contributed by atoms with E-state index in [1.165, 1.54) is 24.3 Å². The Morgan fingerprint density at radius 3 is 1.63 bits per heavy atom. The molecule has 1 atom stereocenters. The summed E-state index contributed by atoms with van der Waals surface area (Å²) in [6, 6.07) is 4.36. The minimum absolute atomic E-state index is 0.00823. The molecule has 1 aromatic rings. The van der Waals surface area contributed by atoms with Crippen LogP contribution < -0.4 is 0 Å². The number of benzene rings is 1. The zero-order chi connectivity index (χ0) is 22.8. The third-order valence-electron chi connectivity index (χ3n) is 4.00. The molecule has 4 N–H and O–H groups in total. The van der Waals surface area contributed by atoms with Crippen molar-refractivity contribution in [1.82, 2.24) is 9.80 Å². The molecule has 0 amide bonds. The number of non-ortho nitro benzene ring substituents is 1. The Hall–Kier alpha value is -3.58. The topological polar surface area (TPSA) is 199 Å². The molecule has 1 unspecified atom stereocenters. The van der Waals surface area contributed by atoms with Crippen LogP contribution in [0, 0.1) is 10.1 Å². The summed E-state index contributed by atoms with van der Waals surface area (Å²) in [7, 11) is 0. The van der Waals surface area contributed by atoms with E-state index in [1.807, 2.05) is 0 Å². The Bertz CT molecular complexity index is 763. The quantitative estimate of drug-likeness (QED) is 0.218. The summed E-state index contributed by atoms with van der Waals surface area (Å²) in [5, 5.41) is 47.1. The molecule has 0 radical (unpaired) electrons. The molecule has 0 bridgehead atoms. The Balaban J connectivity index is 3.20. The van der Waals surface area contributed by atoms with Gasteiger partial charge in [-0.15, -0.1) is 0 Å². The van der Waals surface area contributed by atoms with Gasteiger partial charge in [0.1, 0.15) is 0 Å². The fourth-order valence-corrected chi connectivity index (χ4v) is 2.86. The summed E-state index contributed by atoms with van der Waals surface area (Å²) in [6.45, 7) is -2.93. The maximum absolute atomic E-state index is 11.2. The number of nitro benzene ring substituents is 1. The Labute approximate surface area is 169 Å². The maximum atomic E-state index is 11.2. The first kappa shape index (κ1) is 24.5. The first-order chi connectivity index (χ1) is 14.0. The summed E-state index contributed by atoms with van der Waals surface area (Å²) in [5.74, 6) is -5.28. The average Bonchev–Trinajstić information content (AvgIpc) is 2.59. The second kappa shape index (κ2) is 11.4. The van der Waals surface area contributed by atoms with Crippen LogP contribution in [0.2, 0.25) is 0 Å². The van der Waals surface area contributed by atoms with E-state index in [0.29, 0.717) is 5.56 Å². The lowest BCUT2D eigenvalue weighted by molar-refractivity contribution is -0.384. The number of aliphatic carboxylic acids is 4. The van der Waals surface area contributed by atoms with Gasteiger partial charge in [0.05, 0.1) is 31.1 Å². The monoisotopic (exact) mass is 427 g/mol. The van der Waals surface area contributed by atoms with E-state index in [1.54, 1.807) is 0 Å². The van der Waals surface area contributed by atoms with Crippen molar-refractivity contribution in [2.45, 2.75) is 12.5 Å². The number of rotatable bonds is 14. The molecule has 0 aliphatic heterocycles. The van der Waals surface area contributed by atoms with Crippen molar-refractivity contribution in [3.8, 4) is 0 Å². The second-order valence-electron chi connectivity index (χ2n) is 6.43. The Morgan fingerprint density at radius 1 is 0.833 bits per heavy atom. The van der Waals surface area contributed by atoms with Crippen LogP contribution in [0.5, 0.6) is 0 Å². The van der Waals surface area contributed by atoms with Crippen molar-refractivity contribution in [3.05, 3.63) is 39.9 Å². The highest BCUT2D eigenvalue weighted by molar-refractivity contribution is 5.73. The van der Waals surface area contributed by atoms with Gasteiger partial charge in [-0.2, -0.15) is 0 Å². The Kier molecular flexibility index (Phi) is 9.32. The fraction of sp³-hybridized carbons (Fsp3) is 0.412. The summed E-state index contributed by atoms with van der Waals surface area (Å²) in [5.41, 5.74) is 0.318. The number of nitro groups is 1. The third-order valence-corrected chi connectivity index (χ3v) is 4.00. The number of carboxylic acids is 4. The second-order valence-corrected chi connectivity index (χ2v) is 6.43. The molecular weight excluding hydrogens is 406 g/mol. The van der Waals surface area contributed by atoms with Crippen molar-refractivity contribution in [1.29, 1.82) is 0 Å². The predicted molar refractivity (Wildman–Crippen MR) is 99.1 cm³/mol. The number of hydrogen-bond acceptors (Lipinski definition) is 8. The molecule has 0 aliphatic rings. The zero-order valence-corrected chi connectivity index (χ0v) is 15.7. The number of nitrogens with zero attached hydrogens (tertiary/aromatic N) is 3. The molecule has 0 spiro atoms. The van der Waals surface area contributed by atoms with Crippen molar-refractivity contribution < 1.29 is 44.5 Å². The number of hydrogen-bond donors (Lipinski definition) is 4. The van der Waals surface area contributed by atoms with Gasteiger partial charge >= 0.3 is 23.9 Å². The van der Waals surface area contributed by atoms with Crippen LogP contribution in [-0.4, -0.2) is 97.8 Å². The molecule has 1 aromatic carbocycles. The summed E-state index contributed by atoms with van der Waals surface area (Å²) >= 11 is 0. The molecular formula is C17H21N3O10. The van der Waals surface area contributed by atoms with Crippen LogP contribution in [0.3, 0.4) is 0 Å². The SMILES string of the molecule is O=C(O)CN(CC(=O)O)CC(Cc1ccc([N+](=O)[O-])cc1)N(CC(=O)O)CC(=O)O. The standard InChI is InChI=1S/C17H21N3O10/c21-14(22)7-18(8-15(23)24)6-13(19(9-16(25)26)10-17(27)28)5-11-1-3-12(4-2-11)20(29)30/h1-4,13H,5-10H2,(H,21,22)(H,23,24)(H,25,26)(H,27,28). The summed E-state index contributed by atoms with van der Waals surface area (Å²) < 4.78 is 0. The number of carboxylic acid groups (broad SMARTS) is 4. The van der Waals surface area contributed by atoms with E-state index in [0.717, 1.165) is 9.80 Å². The van der Waals surface area contributed by atoms with Crippen LogP contribution in [0.4, 0.5) is 5.69 Å². The van der Waals surface area contributed by atoms with Crippen molar-refractivity contribution in [2.75, 3.05) is 32.7 Å². The van der Waals surface area contributed by atoms with Crippen molar-refractivity contribution in [2.24, 2.45) is 0 Å². The normalized spacial score (nSPS) is 11.9. The van der Waals surface area contributed by atoms with E-state index in [-0.39, 0.29) is 18.7 Å². The third kappa shape index (κ3) is 9.07. The average molecular weight is 427 g/mol. The van der Waals surface area contributed by atoms with Gasteiger partial charge in [0.2, 0.25) is 0 Å². The van der Waals surface area contributed by atoms with Crippen LogP contribution in [-0.2, 0) is 25.6 Å². The van der Waals surface area contributed by atoms with Crippen molar-refractivity contribution in [3.63, 3.8) is 0 Å². The lowest BCUT2D eigenvalue weighted by Crippen LogP contribution is -2.50. The molecule has 0 aromatic heterocycles. The van der Waals surface area contributed by atoms with Crippen LogP contribution >= 0.6 is 0 Å². The largest absolute Gasteiger partial charge is 0.480 e. The fourth-order valence-electron chi connectivity index (χ4n) is 2.86. The zero-order valence-electron chi connectivity index (χ0n) is 15.7. The van der Waals surface area contributed by atoms with E-state index in [9.17, 15) is 29.3 Å². The van der Waals surface area contributed by atoms with Gasteiger partial charge in [-0.1, -0.05) is 12.1 Å². The molecule has 0 fully saturated rings. The maximum Gasteiger partial charge on any atom is 0.317 e. The predicted octanol–water partition coefficient (Wildman–Crippen LogP) is -0.552. The molecule has 0 saturated heterocycles. The van der Waals surface area contributed by atoms with Crippen LogP contribution in [0.15, 0.2) is 24.3 Å². The molecule has 13 heteroatoms. The van der Waals surface area contributed by atoms with Gasteiger partial charge in [-0.05, 0) is 12.0 Å². The van der Waals surface area contributed by atoms with Gasteiger partial charge in [-0.3, -0.25) is 39.1 Å². The molecule has 0 heterocycles. The van der Waals surface area contributed by atoms with E-state index >= 15 is 0 Å². The van der Waals surface area contributed by atoms with Gasteiger partial charge in [0, 0.05) is 24.7 Å². The first-order valence-corrected chi connectivity index (χ1v) is 8.54. The van der Waals surface area contributed by atoms with Gasteiger partial charge < -0.3 is 20.4 Å². The summed E-state index contributed by atoms with van der Waals surface area (Å²) in [6.07, 6.45) is 0.00823. The molecule has 0 aliphatic carbocycles. The molecule has 1 rings (SSSR count). The highest BCUT2D eigenvalue weighted by Gasteiger charge is 2.27. The highest BCUT2D eigenvalue weighted by Crippen LogP contribution is 2.16. The highest BCUT2D eigenvalue weighted by atomic mass is 16.6. The number of carbonyl (C=O) groups is 4. The molecule has 13 nitrogen and oxygen atoms in total. The first-order valence-electron chi connectivity index (χ1n) is 8.54. The van der Waals surface area contributed by atoms with Gasteiger partial charge in [0.25, 0.3) is 5.69 Å². The minimum Gasteiger partial charge on any atom is -0.480 e. The minimum atomic E-state index is -1.33. The van der Waals surface area contributed by atoms with Gasteiger partial charge in [0.15, 0.2) is 0 Å². The molecule has 0 saturated carbocycles. The molecule has 30 heavy (non-hydrogen) atoms. The smallest absolute Gasteiger partial charge is 0.317 e. The van der Waals surface area contributed by atoms with E-state index in [2.05, 4.69) is 0 Å². The lowest BCUT2D eigenvalue weighted by Gasteiger charge is -2.33. The van der Waals surface area contributed by atoms with Crippen LogP contribution in [0.1, 0.15) is 5.56 Å². The van der Waals surface area contributed by atoms with E-state index < -0.39 is 61.0 Å². The van der Waals surface area contributed by atoms with Crippen molar-refractivity contribution >= 4 is 29.6 Å². The van der Waals surface area contributed by atoms with Gasteiger partial charge in [-0.25, -0.2) is 0 Å². The molecule has 164 valence electrons.